The smallest absolute Gasteiger partial charge is 0.153 e. The first-order valence-corrected chi connectivity index (χ1v) is 7.95. The van der Waals surface area contributed by atoms with Crippen LogP contribution in [0, 0.1) is 0 Å². The molecule has 1 saturated carbocycles. The van der Waals surface area contributed by atoms with E-state index in [-0.39, 0.29) is 17.5 Å². The average molecular weight is 255 g/mol. The third-order valence-electron chi connectivity index (χ3n) is 3.71. The summed E-state index contributed by atoms with van der Waals surface area (Å²) in [6, 6.07) is -0.164. The fourth-order valence-electron chi connectivity index (χ4n) is 2.42. The van der Waals surface area contributed by atoms with Gasteiger partial charge in [0.1, 0.15) is 5.82 Å². The van der Waals surface area contributed by atoms with Crippen LogP contribution >= 0.6 is 0 Å². The molecule has 0 spiro atoms. The molecule has 1 atom stereocenters. The molecule has 1 aromatic heterocycles. The summed E-state index contributed by atoms with van der Waals surface area (Å²) in [5.41, 5.74) is 1.16. The molecule has 0 amide bonds. The molecule has 1 unspecified atom stereocenters. The van der Waals surface area contributed by atoms with Crippen LogP contribution in [-0.4, -0.2) is 36.4 Å². The summed E-state index contributed by atoms with van der Waals surface area (Å²) >= 11 is 0. The lowest BCUT2D eigenvalue weighted by molar-refractivity contribution is 0.411. The lowest BCUT2D eigenvalue weighted by atomic mass is 9.83. The van der Waals surface area contributed by atoms with E-state index < -0.39 is 9.84 Å². The summed E-state index contributed by atoms with van der Waals surface area (Å²) < 4.78 is 23.1. The molecular weight excluding hydrogens is 238 g/mol. The average Bonchev–Trinajstić information content (AvgIpc) is 2.62. The topological polar surface area (TPSA) is 74.8 Å². The minimum Gasteiger partial charge on any atom is -0.344 e. The first-order chi connectivity index (χ1) is 8.14. The summed E-state index contributed by atoms with van der Waals surface area (Å²) in [6.07, 6.45) is 5.59. The second-order valence-corrected chi connectivity index (χ2v) is 7.20. The minimum absolute atomic E-state index is 0.157. The number of hydrogen-bond donors (Lipinski definition) is 2. The van der Waals surface area contributed by atoms with Gasteiger partial charge in [0.15, 0.2) is 9.84 Å². The highest BCUT2D eigenvalue weighted by atomic mass is 32.2. The van der Waals surface area contributed by atoms with E-state index in [0.717, 1.165) is 11.5 Å². The molecule has 3 rings (SSSR count). The number of H-pyrrole nitrogens is 1. The zero-order valence-electron chi connectivity index (χ0n) is 9.65. The number of hydrogen-bond acceptors (Lipinski definition) is 4. The van der Waals surface area contributed by atoms with Crippen LogP contribution in [0.3, 0.4) is 0 Å². The Hall–Kier alpha value is -0.880. The van der Waals surface area contributed by atoms with Gasteiger partial charge in [0, 0.05) is 24.4 Å². The van der Waals surface area contributed by atoms with E-state index in [4.69, 9.17) is 0 Å². The molecule has 2 fully saturated rings. The molecule has 5 nitrogen and oxygen atoms in total. The Bertz CT molecular complexity index is 505. The van der Waals surface area contributed by atoms with E-state index >= 15 is 0 Å². The van der Waals surface area contributed by atoms with E-state index in [0.29, 0.717) is 12.5 Å². The Kier molecular flexibility index (Phi) is 2.71. The molecule has 1 aliphatic heterocycles. The standard InChI is InChI=1S/C11H17N3O2S/c15-17(16)5-4-12-10(7-17)11-13-6-9(14-11)8-2-1-3-8/h6,8,10,12H,1-5,7H2,(H,13,14). The molecule has 94 valence electrons. The third kappa shape index (κ3) is 2.24. The Labute approximate surface area is 101 Å². The predicted octanol–water partition coefficient (Wildman–Crippen LogP) is 0.736. The summed E-state index contributed by atoms with van der Waals surface area (Å²) in [5, 5.41) is 3.21. The van der Waals surface area contributed by atoms with Crippen molar-refractivity contribution in [3.63, 3.8) is 0 Å². The van der Waals surface area contributed by atoms with Crippen LogP contribution in [0.5, 0.6) is 0 Å². The van der Waals surface area contributed by atoms with Crippen LogP contribution in [0.2, 0.25) is 0 Å². The van der Waals surface area contributed by atoms with Crippen molar-refractivity contribution in [2.75, 3.05) is 18.1 Å². The van der Waals surface area contributed by atoms with Gasteiger partial charge in [0.25, 0.3) is 0 Å². The maximum atomic E-state index is 11.6. The summed E-state index contributed by atoms with van der Waals surface area (Å²) in [4.78, 5) is 7.61. The van der Waals surface area contributed by atoms with Crippen molar-refractivity contribution in [2.45, 2.75) is 31.2 Å². The van der Waals surface area contributed by atoms with Gasteiger partial charge in [-0.05, 0) is 12.8 Å². The van der Waals surface area contributed by atoms with Gasteiger partial charge in [0.05, 0.1) is 17.5 Å². The van der Waals surface area contributed by atoms with Gasteiger partial charge < -0.3 is 10.3 Å². The zero-order valence-corrected chi connectivity index (χ0v) is 10.5. The first kappa shape index (κ1) is 11.2. The molecule has 6 heteroatoms. The van der Waals surface area contributed by atoms with E-state index in [1.807, 2.05) is 6.20 Å². The molecule has 17 heavy (non-hydrogen) atoms. The van der Waals surface area contributed by atoms with E-state index in [2.05, 4.69) is 15.3 Å². The van der Waals surface area contributed by atoms with Crippen molar-refractivity contribution < 1.29 is 8.42 Å². The fourth-order valence-corrected chi connectivity index (χ4v) is 3.79. The molecular formula is C11H17N3O2S. The highest BCUT2D eigenvalue weighted by Crippen LogP contribution is 2.35. The van der Waals surface area contributed by atoms with Gasteiger partial charge in [-0.2, -0.15) is 0 Å². The first-order valence-electron chi connectivity index (χ1n) is 6.13. The number of nitrogens with zero attached hydrogens (tertiary/aromatic N) is 1. The molecule has 1 aromatic rings. The zero-order chi connectivity index (χ0) is 11.9. The highest BCUT2D eigenvalue weighted by molar-refractivity contribution is 7.91. The predicted molar refractivity (Wildman–Crippen MR) is 64.6 cm³/mol. The Morgan fingerprint density at radius 3 is 2.82 bits per heavy atom. The molecule has 2 aliphatic rings. The maximum absolute atomic E-state index is 11.6. The summed E-state index contributed by atoms with van der Waals surface area (Å²) in [5.74, 6) is 1.77. The van der Waals surface area contributed by atoms with Gasteiger partial charge in [0.2, 0.25) is 0 Å². The molecule has 0 aromatic carbocycles. The van der Waals surface area contributed by atoms with Crippen LogP contribution < -0.4 is 5.32 Å². The van der Waals surface area contributed by atoms with Crippen molar-refractivity contribution in [2.24, 2.45) is 0 Å². The molecule has 1 saturated heterocycles. The second-order valence-electron chi connectivity index (χ2n) is 4.97. The van der Waals surface area contributed by atoms with Crippen LogP contribution in [0.25, 0.3) is 0 Å². The van der Waals surface area contributed by atoms with Gasteiger partial charge in [-0.15, -0.1) is 0 Å². The maximum Gasteiger partial charge on any atom is 0.153 e. The van der Waals surface area contributed by atoms with Crippen LogP contribution in [0.15, 0.2) is 6.20 Å². The Morgan fingerprint density at radius 1 is 1.35 bits per heavy atom. The van der Waals surface area contributed by atoms with E-state index in [1.165, 1.54) is 19.3 Å². The SMILES string of the molecule is O=S1(=O)CCNC(c2ncc(C3CCC3)[nH]2)C1. The molecule has 2 N–H and O–H groups in total. The van der Waals surface area contributed by atoms with Gasteiger partial charge in [-0.25, -0.2) is 13.4 Å². The highest BCUT2D eigenvalue weighted by Gasteiger charge is 2.28. The number of nitrogens with one attached hydrogen (secondary N) is 2. The normalized spacial score (nSPS) is 28.8. The summed E-state index contributed by atoms with van der Waals surface area (Å²) in [7, 11) is -2.91. The van der Waals surface area contributed by atoms with Crippen molar-refractivity contribution in [3.05, 3.63) is 17.7 Å². The monoisotopic (exact) mass is 255 g/mol. The largest absolute Gasteiger partial charge is 0.344 e. The molecule has 1 aliphatic carbocycles. The van der Waals surface area contributed by atoms with Crippen molar-refractivity contribution in [1.29, 1.82) is 0 Å². The number of aromatic amines is 1. The summed E-state index contributed by atoms with van der Waals surface area (Å²) in [6.45, 7) is 0.520. The number of aromatic nitrogens is 2. The van der Waals surface area contributed by atoms with Crippen LogP contribution in [0.1, 0.15) is 42.7 Å². The van der Waals surface area contributed by atoms with Crippen LogP contribution in [-0.2, 0) is 9.84 Å². The molecule has 0 radical (unpaired) electrons. The third-order valence-corrected chi connectivity index (χ3v) is 5.38. The van der Waals surface area contributed by atoms with Crippen molar-refractivity contribution in [3.8, 4) is 0 Å². The lowest BCUT2D eigenvalue weighted by Gasteiger charge is -2.24. The van der Waals surface area contributed by atoms with Gasteiger partial charge >= 0.3 is 0 Å². The van der Waals surface area contributed by atoms with E-state index in [1.54, 1.807) is 0 Å². The number of sulfone groups is 1. The fraction of sp³-hybridized carbons (Fsp3) is 0.727. The quantitative estimate of drug-likeness (QED) is 0.817. The molecule has 2 heterocycles. The molecule has 0 bridgehead atoms. The second kappa shape index (κ2) is 4.10. The Balaban J connectivity index is 1.77. The minimum atomic E-state index is -2.91. The van der Waals surface area contributed by atoms with Crippen LogP contribution in [0.4, 0.5) is 0 Å². The van der Waals surface area contributed by atoms with Gasteiger partial charge in [-0.1, -0.05) is 6.42 Å². The van der Waals surface area contributed by atoms with Gasteiger partial charge in [-0.3, -0.25) is 0 Å². The van der Waals surface area contributed by atoms with E-state index in [9.17, 15) is 8.42 Å². The lowest BCUT2D eigenvalue weighted by Crippen LogP contribution is -2.39. The number of imidazole rings is 1. The number of rotatable bonds is 2. The van der Waals surface area contributed by atoms with Crippen molar-refractivity contribution >= 4 is 9.84 Å². The Morgan fingerprint density at radius 2 is 2.18 bits per heavy atom. The van der Waals surface area contributed by atoms with Crippen molar-refractivity contribution in [1.82, 2.24) is 15.3 Å².